The number of amides is 2. The van der Waals surface area contributed by atoms with Crippen LogP contribution in [0.2, 0.25) is 0 Å². The molecular weight excluding hydrogens is 534 g/mol. The third kappa shape index (κ3) is 4.08. The lowest BCUT2D eigenvalue weighted by molar-refractivity contribution is -0.384. The number of ether oxygens (including phenoxy) is 1. The quantitative estimate of drug-likeness (QED) is 0.177. The summed E-state index contributed by atoms with van der Waals surface area (Å²) in [7, 11) is 0. The number of imide groups is 1. The summed E-state index contributed by atoms with van der Waals surface area (Å²) in [5.41, 5.74) is 3.23. The van der Waals surface area contributed by atoms with Gasteiger partial charge in [-0.1, -0.05) is 30.3 Å². The Morgan fingerprint density at radius 1 is 1.10 bits per heavy atom. The molecule has 206 valence electrons. The van der Waals surface area contributed by atoms with E-state index in [1.54, 1.807) is 24.1 Å². The van der Waals surface area contributed by atoms with Crippen LogP contribution in [0.3, 0.4) is 0 Å². The summed E-state index contributed by atoms with van der Waals surface area (Å²) < 4.78 is 5.35. The molecule has 1 aliphatic carbocycles. The van der Waals surface area contributed by atoms with Gasteiger partial charge in [0.05, 0.1) is 28.8 Å². The van der Waals surface area contributed by atoms with Crippen molar-refractivity contribution in [1.29, 1.82) is 0 Å². The van der Waals surface area contributed by atoms with E-state index in [2.05, 4.69) is 0 Å². The fraction of sp³-hybridized carbons (Fsp3) is 0.345. The van der Waals surface area contributed by atoms with Crippen LogP contribution in [-0.2, 0) is 32.0 Å². The normalized spacial score (nSPS) is 21.9. The predicted octanol–water partition coefficient (Wildman–Crippen LogP) is 5.07. The number of benzene rings is 2. The monoisotopic (exact) mass is 561 g/mol. The van der Waals surface area contributed by atoms with Crippen molar-refractivity contribution < 1.29 is 28.9 Å². The van der Waals surface area contributed by atoms with Gasteiger partial charge in [-0.05, 0) is 62.3 Å². The average molecular weight is 562 g/mol. The number of para-hydroxylation sites is 1. The number of aryl methyl sites for hydroxylation is 2. The van der Waals surface area contributed by atoms with Crippen molar-refractivity contribution in [3.05, 3.63) is 85.8 Å². The van der Waals surface area contributed by atoms with E-state index in [-0.39, 0.29) is 12.3 Å². The number of carbonyl (C=O) groups is 3. The number of anilines is 2. The van der Waals surface area contributed by atoms with E-state index in [1.807, 2.05) is 31.2 Å². The highest BCUT2D eigenvalue weighted by Gasteiger charge is 2.61. The summed E-state index contributed by atoms with van der Waals surface area (Å²) in [6.07, 6.45) is 2.23. The lowest BCUT2D eigenvalue weighted by Gasteiger charge is -2.29. The zero-order valence-corrected chi connectivity index (χ0v) is 22.8. The summed E-state index contributed by atoms with van der Waals surface area (Å²) in [5.74, 6) is -2.48. The highest BCUT2D eigenvalue weighted by Crippen LogP contribution is 2.51. The van der Waals surface area contributed by atoms with E-state index in [4.69, 9.17) is 9.57 Å². The molecule has 0 bridgehead atoms. The molecule has 2 saturated heterocycles. The Morgan fingerprint density at radius 2 is 1.82 bits per heavy atom. The van der Waals surface area contributed by atoms with Crippen molar-refractivity contribution in [2.75, 3.05) is 16.6 Å². The first kappa shape index (κ1) is 26.1. The second-order valence-corrected chi connectivity index (χ2v) is 11.2. The Bertz CT molecular complexity index is 1530. The minimum Gasteiger partial charge on any atom is -0.462 e. The summed E-state index contributed by atoms with van der Waals surface area (Å²) in [5, 5.41) is 13.2. The number of rotatable bonds is 6. The smallest absolute Gasteiger partial charge is 0.341 e. The molecule has 3 aliphatic rings. The highest BCUT2D eigenvalue weighted by atomic mass is 32.1. The lowest BCUT2D eigenvalue weighted by Crippen LogP contribution is -2.38. The van der Waals surface area contributed by atoms with Gasteiger partial charge in [-0.2, -0.15) is 0 Å². The fourth-order valence-corrected chi connectivity index (χ4v) is 7.28. The van der Waals surface area contributed by atoms with E-state index in [9.17, 15) is 24.5 Å². The predicted molar refractivity (Wildman–Crippen MR) is 147 cm³/mol. The Hall–Kier alpha value is -4.09. The first-order valence-corrected chi connectivity index (χ1v) is 14.1. The molecule has 6 rings (SSSR count). The Labute approximate surface area is 234 Å². The summed E-state index contributed by atoms with van der Waals surface area (Å²) in [4.78, 5) is 60.4. The van der Waals surface area contributed by atoms with Gasteiger partial charge in [0.1, 0.15) is 10.9 Å². The second kappa shape index (κ2) is 10.1. The molecule has 2 fully saturated rings. The van der Waals surface area contributed by atoms with Crippen molar-refractivity contribution in [2.24, 2.45) is 5.92 Å². The van der Waals surface area contributed by atoms with E-state index >= 15 is 0 Å². The molecule has 40 heavy (non-hydrogen) atoms. The maximum atomic E-state index is 14.2. The number of fused-ring (bicyclic) bond motifs is 2. The molecule has 0 unspecified atom stereocenters. The van der Waals surface area contributed by atoms with Crippen LogP contribution in [0.4, 0.5) is 16.4 Å². The van der Waals surface area contributed by atoms with Gasteiger partial charge in [0.25, 0.3) is 11.6 Å². The number of nitro groups is 1. The molecule has 11 heteroatoms. The molecule has 2 aliphatic heterocycles. The van der Waals surface area contributed by atoms with Gasteiger partial charge in [0.2, 0.25) is 5.91 Å². The first-order valence-electron chi connectivity index (χ1n) is 13.3. The van der Waals surface area contributed by atoms with Crippen LogP contribution in [0.1, 0.15) is 57.7 Å². The molecule has 3 atom stereocenters. The molecule has 10 nitrogen and oxygen atoms in total. The van der Waals surface area contributed by atoms with Gasteiger partial charge in [-0.3, -0.25) is 24.5 Å². The van der Waals surface area contributed by atoms with Crippen LogP contribution in [0.25, 0.3) is 0 Å². The maximum absolute atomic E-state index is 14.2. The topological polar surface area (TPSA) is 119 Å². The molecule has 0 spiro atoms. The molecule has 2 aromatic carbocycles. The van der Waals surface area contributed by atoms with Gasteiger partial charge < -0.3 is 4.74 Å². The summed E-state index contributed by atoms with van der Waals surface area (Å²) in [6.45, 7) is 3.79. The number of nitrogens with zero attached hydrogens (tertiary/aromatic N) is 3. The number of carbonyl (C=O) groups excluding carboxylic acids is 3. The van der Waals surface area contributed by atoms with E-state index < -0.39 is 40.8 Å². The number of non-ortho nitro benzene ring substituents is 1. The zero-order chi connectivity index (χ0) is 28.1. The van der Waals surface area contributed by atoms with Gasteiger partial charge in [0.15, 0.2) is 6.10 Å². The Morgan fingerprint density at radius 3 is 2.52 bits per heavy atom. The molecule has 1 aromatic heterocycles. The maximum Gasteiger partial charge on any atom is 0.341 e. The van der Waals surface area contributed by atoms with E-state index in [0.717, 1.165) is 40.2 Å². The minimum atomic E-state index is -1.12. The summed E-state index contributed by atoms with van der Waals surface area (Å²) in [6, 6.07) is 12.7. The molecule has 0 radical (unpaired) electrons. The largest absolute Gasteiger partial charge is 0.462 e. The standard InChI is InChI=1S/C29H27N3O7S/c1-3-38-29(35)22-19-9-5-7-11-21(19)40-28(22)30-26(33)23-24(17-12-14-18(15-13-17)32(36)37)31(39-25(23)27(30)34)20-10-6-4-8-16(20)2/h4,6,8,10,12-15,23-25H,3,5,7,9,11H2,1-2H3/t23-,24+,25+/m0/s1. The minimum absolute atomic E-state index is 0.0830. The third-order valence-electron chi connectivity index (χ3n) is 7.75. The third-order valence-corrected chi connectivity index (χ3v) is 9.03. The number of hydrogen-bond donors (Lipinski definition) is 0. The van der Waals surface area contributed by atoms with Gasteiger partial charge >= 0.3 is 5.97 Å². The van der Waals surface area contributed by atoms with E-state index in [1.165, 1.54) is 23.5 Å². The van der Waals surface area contributed by atoms with Crippen LogP contribution in [0.5, 0.6) is 0 Å². The van der Waals surface area contributed by atoms with Crippen molar-refractivity contribution in [2.45, 2.75) is 51.7 Å². The highest BCUT2D eigenvalue weighted by molar-refractivity contribution is 7.17. The molecule has 0 N–H and O–H groups in total. The van der Waals surface area contributed by atoms with Gasteiger partial charge in [-0.25, -0.2) is 14.8 Å². The number of nitro benzene ring substituents is 1. The van der Waals surface area contributed by atoms with Crippen molar-refractivity contribution >= 4 is 45.5 Å². The van der Waals surface area contributed by atoms with Crippen LogP contribution in [0, 0.1) is 23.0 Å². The zero-order valence-electron chi connectivity index (χ0n) is 22.0. The van der Waals surface area contributed by atoms with Crippen molar-refractivity contribution in [1.82, 2.24) is 0 Å². The Balaban J connectivity index is 1.45. The SMILES string of the molecule is CCOC(=O)c1c(N2C(=O)[C@H]3[C@@H](c4ccc([N+](=O)[O-])cc4)N(c4ccccc4C)O[C@H]3C2=O)sc2c1CCCC2. The second-order valence-electron chi connectivity index (χ2n) is 10.1. The summed E-state index contributed by atoms with van der Waals surface area (Å²) >= 11 is 1.30. The van der Waals surface area contributed by atoms with Gasteiger partial charge in [0, 0.05) is 17.0 Å². The van der Waals surface area contributed by atoms with Crippen LogP contribution in [-0.4, -0.2) is 35.4 Å². The lowest BCUT2D eigenvalue weighted by atomic mass is 9.90. The number of hydrogen-bond acceptors (Lipinski definition) is 9. The van der Waals surface area contributed by atoms with Crippen molar-refractivity contribution in [3.63, 3.8) is 0 Å². The van der Waals surface area contributed by atoms with Crippen LogP contribution in [0.15, 0.2) is 48.5 Å². The van der Waals surface area contributed by atoms with E-state index in [0.29, 0.717) is 28.2 Å². The molecular formula is C29H27N3O7S. The molecule has 3 aromatic rings. The molecule has 3 heterocycles. The average Bonchev–Trinajstić information content (AvgIpc) is 3.59. The number of hydroxylamine groups is 1. The van der Waals surface area contributed by atoms with Crippen LogP contribution < -0.4 is 9.96 Å². The van der Waals surface area contributed by atoms with Crippen molar-refractivity contribution in [3.8, 4) is 0 Å². The number of thiophene rings is 1. The first-order chi connectivity index (χ1) is 19.3. The fourth-order valence-electron chi connectivity index (χ4n) is 5.89. The Kier molecular flexibility index (Phi) is 6.63. The molecule has 0 saturated carbocycles. The molecule has 2 amide bonds. The van der Waals surface area contributed by atoms with Gasteiger partial charge in [-0.15, -0.1) is 11.3 Å². The number of esters is 1. The van der Waals surface area contributed by atoms with Crippen LogP contribution >= 0.6 is 11.3 Å².